The average Bonchev–Trinajstić information content (AvgIpc) is 3.12. The zero-order valence-corrected chi connectivity index (χ0v) is 26.5. The third kappa shape index (κ3) is 6.02. The molecule has 4 heterocycles. The molecule has 1 aliphatic carbocycles. The van der Waals surface area contributed by atoms with Gasteiger partial charge in [-0.05, 0) is 137 Å². The highest BCUT2D eigenvalue weighted by Gasteiger charge is 2.34. The Kier molecular flexibility index (Phi) is 8.79. The van der Waals surface area contributed by atoms with E-state index in [0.717, 1.165) is 110 Å². The summed E-state index contributed by atoms with van der Waals surface area (Å²) in [6.07, 6.45) is 14.1. The van der Waals surface area contributed by atoms with Crippen LogP contribution in [0, 0.1) is 17.8 Å². The number of allylic oxidation sites excluding steroid dienone is 3. The number of halogens is 3. The second-order valence-corrected chi connectivity index (χ2v) is 14.0. The molecular formula is C31H39Br2ClN4O. The van der Waals surface area contributed by atoms with Gasteiger partial charge in [0, 0.05) is 53.3 Å². The van der Waals surface area contributed by atoms with Crippen LogP contribution in [0.2, 0.25) is 5.02 Å². The summed E-state index contributed by atoms with van der Waals surface area (Å²) in [5.74, 6) is 2.46. The van der Waals surface area contributed by atoms with E-state index in [9.17, 15) is 4.79 Å². The second kappa shape index (κ2) is 12.3. The van der Waals surface area contributed by atoms with E-state index in [1.165, 1.54) is 40.9 Å². The van der Waals surface area contributed by atoms with E-state index in [0.29, 0.717) is 11.8 Å². The molecule has 0 bridgehead atoms. The molecule has 1 aromatic carbocycles. The van der Waals surface area contributed by atoms with Gasteiger partial charge in [0.2, 0.25) is 5.91 Å². The number of nitrogens with zero attached hydrogens (tertiary/aromatic N) is 2. The van der Waals surface area contributed by atoms with Crippen LogP contribution in [0.4, 0.5) is 0 Å². The van der Waals surface area contributed by atoms with Crippen LogP contribution in [-0.4, -0.2) is 55.0 Å². The number of piperidine rings is 3. The van der Waals surface area contributed by atoms with Crippen LogP contribution in [0.5, 0.6) is 0 Å². The lowest BCUT2D eigenvalue weighted by molar-refractivity contribution is -0.134. The summed E-state index contributed by atoms with van der Waals surface area (Å²) >= 11 is 14.0. The first-order valence-corrected chi connectivity index (χ1v) is 16.7. The van der Waals surface area contributed by atoms with Gasteiger partial charge in [0.05, 0.1) is 16.4 Å². The van der Waals surface area contributed by atoms with Crippen molar-refractivity contribution in [1.29, 1.82) is 0 Å². The van der Waals surface area contributed by atoms with Gasteiger partial charge in [-0.25, -0.2) is 0 Å². The summed E-state index contributed by atoms with van der Waals surface area (Å²) in [5.41, 5.74) is 6.51. The monoisotopic (exact) mass is 676 g/mol. The fourth-order valence-electron chi connectivity index (χ4n) is 7.39. The van der Waals surface area contributed by atoms with Gasteiger partial charge in [0.25, 0.3) is 0 Å². The molecule has 0 radical (unpaired) electrons. The quantitative estimate of drug-likeness (QED) is 0.367. The number of rotatable bonds is 4. The van der Waals surface area contributed by atoms with Crippen molar-refractivity contribution in [3.05, 3.63) is 60.8 Å². The number of hydrogen-bond acceptors (Lipinski definition) is 4. The highest BCUT2D eigenvalue weighted by Crippen LogP contribution is 2.43. The smallest absolute Gasteiger partial charge is 0.222 e. The molecule has 0 aromatic heterocycles. The summed E-state index contributed by atoms with van der Waals surface area (Å²) < 4.78 is 2.12. The van der Waals surface area contributed by atoms with E-state index in [2.05, 4.69) is 70.6 Å². The lowest BCUT2D eigenvalue weighted by atomic mass is 9.78. The van der Waals surface area contributed by atoms with Crippen molar-refractivity contribution in [2.75, 3.05) is 39.3 Å². The van der Waals surface area contributed by atoms with Gasteiger partial charge in [-0.1, -0.05) is 17.7 Å². The van der Waals surface area contributed by atoms with E-state index in [4.69, 9.17) is 11.6 Å². The third-order valence-electron chi connectivity index (χ3n) is 9.66. The van der Waals surface area contributed by atoms with Crippen molar-refractivity contribution in [2.45, 2.75) is 57.8 Å². The fourth-order valence-corrected chi connectivity index (χ4v) is 8.50. The molecule has 1 amide bonds. The van der Waals surface area contributed by atoms with Crippen molar-refractivity contribution in [3.63, 3.8) is 0 Å². The maximum atomic E-state index is 12.9. The Morgan fingerprint density at radius 3 is 2.36 bits per heavy atom. The maximum absolute atomic E-state index is 12.9. The molecule has 0 saturated carbocycles. The molecule has 0 spiro atoms. The minimum atomic E-state index is 0.395. The molecule has 5 aliphatic rings. The molecule has 8 heteroatoms. The molecule has 3 fully saturated rings. The van der Waals surface area contributed by atoms with Gasteiger partial charge >= 0.3 is 0 Å². The molecule has 4 aliphatic heterocycles. The zero-order chi connectivity index (χ0) is 26.9. The number of carbonyl (C=O) groups is 1. The highest BCUT2D eigenvalue weighted by atomic mass is 79.9. The molecule has 2 N–H and O–H groups in total. The van der Waals surface area contributed by atoms with Crippen LogP contribution < -0.4 is 10.6 Å². The number of hydrogen-bond donors (Lipinski definition) is 2. The number of likely N-dealkylation sites (tertiary alicyclic amines) is 2. The molecule has 1 aromatic rings. The molecule has 210 valence electrons. The Bertz CT molecular complexity index is 1190. The molecule has 5 nitrogen and oxygen atoms in total. The van der Waals surface area contributed by atoms with Gasteiger partial charge < -0.3 is 20.4 Å². The van der Waals surface area contributed by atoms with E-state index in [1.54, 1.807) is 0 Å². The van der Waals surface area contributed by atoms with Crippen LogP contribution >= 0.6 is 43.5 Å². The van der Waals surface area contributed by atoms with Crippen molar-refractivity contribution in [3.8, 4) is 0 Å². The van der Waals surface area contributed by atoms with Gasteiger partial charge in [-0.2, -0.15) is 0 Å². The van der Waals surface area contributed by atoms with Crippen molar-refractivity contribution >= 4 is 55.1 Å². The number of nitrogens with one attached hydrogen (secondary N) is 2. The molecule has 3 saturated heterocycles. The summed E-state index contributed by atoms with van der Waals surface area (Å²) in [5, 5.41) is 7.82. The summed E-state index contributed by atoms with van der Waals surface area (Å²) in [4.78, 5) is 17.7. The van der Waals surface area contributed by atoms with Crippen molar-refractivity contribution in [2.24, 2.45) is 17.8 Å². The van der Waals surface area contributed by atoms with Crippen LogP contribution in [0.3, 0.4) is 0 Å². The van der Waals surface area contributed by atoms with Gasteiger partial charge in [0.1, 0.15) is 0 Å². The zero-order valence-electron chi connectivity index (χ0n) is 22.6. The topological polar surface area (TPSA) is 47.6 Å². The summed E-state index contributed by atoms with van der Waals surface area (Å²) in [7, 11) is 0. The van der Waals surface area contributed by atoms with Gasteiger partial charge in [-0.15, -0.1) is 0 Å². The molecule has 0 unspecified atom stereocenters. The minimum Gasteiger partial charge on any atom is -0.369 e. The van der Waals surface area contributed by atoms with E-state index >= 15 is 0 Å². The highest BCUT2D eigenvalue weighted by molar-refractivity contribution is 9.12. The predicted molar refractivity (Wildman–Crippen MR) is 166 cm³/mol. The van der Waals surface area contributed by atoms with E-state index < -0.39 is 0 Å². The molecular weight excluding hydrogens is 640 g/mol. The first-order chi connectivity index (χ1) is 19.0. The van der Waals surface area contributed by atoms with Gasteiger partial charge in [-0.3, -0.25) is 4.79 Å². The van der Waals surface area contributed by atoms with Gasteiger partial charge in [0.15, 0.2) is 0 Å². The first kappa shape index (κ1) is 27.9. The number of benzene rings is 1. The first-order valence-electron chi connectivity index (χ1n) is 14.8. The molecule has 6 rings (SSSR count). The van der Waals surface area contributed by atoms with Crippen molar-refractivity contribution in [1.82, 2.24) is 20.4 Å². The SMILES string of the molecule is O=C(CC1CCNCC1)N1CCC(C2CCN(C3=C4NC=C(Br)C=C4CCc4c3ccc(Cl)c4Br)CC2)CC1. The Labute approximate surface area is 254 Å². The Morgan fingerprint density at radius 2 is 1.64 bits per heavy atom. The normalized spacial score (nSPS) is 23.5. The van der Waals surface area contributed by atoms with Crippen LogP contribution in [0.1, 0.15) is 62.5 Å². The number of amides is 1. The summed E-state index contributed by atoms with van der Waals surface area (Å²) in [6.45, 7) is 6.16. The standard InChI is InChI=1S/C31H39Br2ClN4O/c32-24-18-23-1-2-25-26(3-4-27(34)29(25)33)31(30(23)36-19-24)38-15-9-22(10-16-38)21-7-13-37(14-8-21)28(39)17-20-5-11-35-12-6-20/h3-4,18-22,35-36H,1-2,5-17H2. The number of carbonyl (C=O) groups excluding carboxylic acids is 1. The largest absolute Gasteiger partial charge is 0.369 e. The summed E-state index contributed by atoms with van der Waals surface area (Å²) in [6, 6.07) is 4.24. The number of dihydropyridines is 1. The average molecular weight is 679 g/mol. The van der Waals surface area contributed by atoms with E-state index in [1.807, 2.05) is 6.07 Å². The Morgan fingerprint density at radius 1 is 0.949 bits per heavy atom. The minimum absolute atomic E-state index is 0.395. The van der Waals surface area contributed by atoms with E-state index in [-0.39, 0.29) is 0 Å². The lowest BCUT2D eigenvalue weighted by Gasteiger charge is -2.42. The van der Waals surface area contributed by atoms with Crippen LogP contribution in [-0.2, 0) is 11.2 Å². The Balaban J connectivity index is 1.11. The Hall–Kier alpha value is -1.28. The van der Waals surface area contributed by atoms with Crippen LogP contribution in [0.25, 0.3) is 5.70 Å². The third-order valence-corrected chi connectivity index (χ3v) is 11.6. The predicted octanol–water partition coefficient (Wildman–Crippen LogP) is 6.82. The fraction of sp³-hybridized carbons (Fsp3) is 0.581. The maximum Gasteiger partial charge on any atom is 0.222 e. The van der Waals surface area contributed by atoms with Crippen molar-refractivity contribution < 1.29 is 4.79 Å². The van der Waals surface area contributed by atoms with Crippen LogP contribution in [0.15, 0.2) is 44.6 Å². The lowest BCUT2D eigenvalue weighted by Crippen LogP contribution is -2.43. The molecule has 0 atom stereocenters. The number of fused-ring (bicyclic) bond motifs is 2. The molecule has 39 heavy (non-hydrogen) atoms. The second-order valence-electron chi connectivity index (χ2n) is 11.9.